The lowest BCUT2D eigenvalue weighted by Gasteiger charge is -2.34. The number of β-amino-alcohol motifs (C(OH)–C–C–N with tert-alkyl or cyclic N) is 1. The molecule has 0 bridgehead atoms. The van der Waals surface area contributed by atoms with Crippen molar-refractivity contribution in [3.63, 3.8) is 0 Å². The lowest BCUT2D eigenvalue weighted by atomic mass is 9.82. The molecule has 0 radical (unpaired) electrons. The van der Waals surface area contributed by atoms with Gasteiger partial charge in [0.1, 0.15) is 0 Å². The fourth-order valence-electron chi connectivity index (χ4n) is 2.26. The van der Waals surface area contributed by atoms with Crippen molar-refractivity contribution in [3.05, 3.63) is 0 Å². The van der Waals surface area contributed by atoms with E-state index >= 15 is 0 Å². The summed E-state index contributed by atoms with van der Waals surface area (Å²) in [7, 11) is 0. The van der Waals surface area contributed by atoms with Crippen molar-refractivity contribution < 1.29 is 5.11 Å². The number of likely N-dealkylation sites (tertiary alicyclic amines) is 1. The summed E-state index contributed by atoms with van der Waals surface area (Å²) in [6.45, 7) is 8.09. The van der Waals surface area contributed by atoms with E-state index in [0.29, 0.717) is 0 Å². The molecule has 0 aliphatic carbocycles. The van der Waals surface area contributed by atoms with Gasteiger partial charge in [0.25, 0.3) is 0 Å². The molecular formula is C11H24N2O. The summed E-state index contributed by atoms with van der Waals surface area (Å²) in [6.07, 6.45) is 3.08. The van der Waals surface area contributed by atoms with Gasteiger partial charge in [-0.25, -0.2) is 0 Å². The third-order valence-corrected chi connectivity index (χ3v) is 3.74. The molecule has 1 heterocycles. The van der Waals surface area contributed by atoms with Gasteiger partial charge in [0.05, 0.1) is 6.10 Å². The van der Waals surface area contributed by atoms with Crippen molar-refractivity contribution in [2.45, 2.75) is 39.2 Å². The molecule has 0 aromatic carbocycles. The van der Waals surface area contributed by atoms with Crippen molar-refractivity contribution in [1.29, 1.82) is 0 Å². The second kappa shape index (κ2) is 5.10. The standard InChI is InChI=1S/C11H24N2O/c1-3-11(4-2,8-12)9-13-6-5-10(14)7-13/h10,14H,3-9,12H2,1-2H3. The lowest BCUT2D eigenvalue weighted by molar-refractivity contribution is 0.136. The molecule has 0 saturated carbocycles. The van der Waals surface area contributed by atoms with Crippen LogP contribution < -0.4 is 5.73 Å². The molecule has 1 aliphatic rings. The van der Waals surface area contributed by atoms with E-state index in [2.05, 4.69) is 18.7 Å². The van der Waals surface area contributed by atoms with Crippen LogP contribution in [0.25, 0.3) is 0 Å². The first-order valence-corrected chi connectivity index (χ1v) is 5.76. The van der Waals surface area contributed by atoms with Gasteiger partial charge in [0.2, 0.25) is 0 Å². The van der Waals surface area contributed by atoms with Gasteiger partial charge in [0.15, 0.2) is 0 Å². The Bertz CT molecular complexity index is 160. The lowest BCUT2D eigenvalue weighted by Crippen LogP contribution is -2.41. The van der Waals surface area contributed by atoms with E-state index in [9.17, 15) is 5.11 Å². The first kappa shape index (κ1) is 12.0. The Balaban J connectivity index is 2.47. The van der Waals surface area contributed by atoms with Gasteiger partial charge in [-0.2, -0.15) is 0 Å². The van der Waals surface area contributed by atoms with Crippen LogP contribution in [0.15, 0.2) is 0 Å². The van der Waals surface area contributed by atoms with Crippen LogP contribution in [-0.4, -0.2) is 42.3 Å². The van der Waals surface area contributed by atoms with Gasteiger partial charge in [-0.05, 0) is 31.2 Å². The van der Waals surface area contributed by atoms with E-state index in [4.69, 9.17) is 5.73 Å². The second-order valence-corrected chi connectivity index (χ2v) is 4.59. The van der Waals surface area contributed by atoms with E-state index in [-0.39, 0.29) is 11.5 Å². The highest BCUT2D eigenvalue weighted by molar-refractivity contribution is 4.85. The molecule has 0 aromatic heterocycles. The summed E-state index contributed by atoms with van der Waals surface area (Å²) in [4.78, 5) is 2.35. The van der Waals surface area contributed by atoms with E-state index in [0.717, 1.165) is 45.4 Å². The first-order chi connectivity index (χ1) is 6.65. The summed E-state index contributed by atoms with van der Waals surface area (Å²) in [5.41, 5.74) is 6.12. The van der Waals surface area contributed by atoms with Gasteiger partial charge < -0.3 is 15.7 Å². The molecule has 1 rings (SSSR count). The number of rotatable bonds is 5. The third-order valence-electron chi connectivity index (χ3n) is 3.74. The minimum atomic E-state index is -0.112. The molecule has 1 aliphatic heterocycles. The Hall–Kier alpha value is -0.120. The van der Waals surface area contributed by atoms with Crippen molar-refractivity contribution in [1.82, 2.24) is 4.90 Å². The largest absolute Gasteiger partial charge is 0.392 e. The number of aliphatic hydroxyl groups is 1. The smallest absolute Gasteiger partial charge is 0.0679 e. The third kappa shape index (κ3) is 2.69. The number of hydrogen-bond donors (Lipinski definition) is 2. The zero-order valence-corrected chi connectivity index (χ0v) is 9.50. The normalized spacial score (nSPS) is 24.4. The molecule has 1 saturated heterocycles. The first-order valence-electron chi connectivity index (χ1n) is 5.76. The van der Waals surface area contributed by atoms with Crippen LogP contribution >= 0.6 is 0 Å². The Labute approximate surface area is 87.3 Å². The predicted molar refractivity (Wildman–Crippen MR) is 59.1 cm³/mol. The highest BCUT2D eigenvalue weighted by Gasteiger charge is 2.30. The van der Waals surface area contributed by atoms with E-state index < -0.39 is 0 Å². The summed E-state index contributed by atoms with van der Waals surface area (Å²) < 4.78 is 0. The molecule has 84 valence electrons. The predicted octanol–water partition coefficient (Wildman–Crippen LogP) is 0.818. The van der Waals surface area contributed by atoms with E-state index in [1.165, 1.54) is 0 Å². The SMILES string of the molecule is CCC(CC)(CN)CN1CCC(O)C1. The van der Waals surface area contributed by atoms with E-state index in [1.54, 1.807) is 0 Å². The average molecular weight is 200 g/mol. The second-order valence-electron chi connectivity index (χ2n) is 4.59. The number of hydrogen-bond acceptors (Lipinski definition) is 3. The maximum Gasteiger partial charge on any atom is 0.0679 e. The Morgan fingerprint density at radius 2 is 2.07 bits per heavy atom. The van der Waals surface area contributed by atoms with Crippen LogP contribution in [0.3, 0.4) is 0 Å². The van der Waals surface area contributed by atoms with Gasteiger partial charge in [-0.15, -0.1) is 0 Å². The van der Waals surface area contributed by atoms with Crippen molar-refractivity contribution in [2.75, 3.05) is 26.2 Å². The van der Waals surface area contributed by atoms with Gasteiger partial charge in [-0.1, -0.05) is 13.8 Å². The van der Waals surface area contributed by atoms with Crippen molar-refractivity contribution in [3.8, 4) is 0 Å². The number of nitrogens with zero attached hydrogens (tertiary/aromatic N) is 1. The summed E-state index contributed by atoms with van der Waals surface area (Å²) >= 11 is 0. The fourth-order valence-corrected chi connectivity index (χ4v) is 2.26. The molecule has 1 fully saturated rings. The zero-order chi connectivity index (χ0) is 10.6. The van der Waals surface area contributed by atoms with Gasteiger partial charge in [-0.3, -0.25) is 0 Å². The fraction of sp³-hybridized carbons (Fsp3) is 1.00. The molecule has 14 heavy (non-hydrogen) atoms. The summed E-state index contributed by atoms with van der Waals surface area (Å²) in [5.74, 6) is 0. The molecule has 3 N–H and O–H groups in total. The van der Waals surface area contributed by atoms with Gasteiger partial charge in [0, 0.05) is 19.6 Å². The van der Waals surface area contributed by atoms with Crippen molar-refractivity contribution >= 4 is 0 Å². The van der Waals surface area contributed by atoms with E-state index in [1.807, 2.05) is 0 Å². The number of aliphatic hydroxyl groups excluding tert-OH is 1. The average Bonchev–Trinajstić information content (AvgIpc) is 2.61. The molecular weight excluding hydrogens is 176 g/mol. The Kier molecular flexibility index (Phi) is 4.35. The molecule has 1 atom stereocenters. The van der Waals surface area contributed by atoms with Crippen LogP contribution in [0.1, 0.15) is 33.1 Å². The number of nitrogens with two attached hydrogens (primary N) is 1. The Morgan fingerprint density at radius 3 is 2.43 bits per heavy atom. The Morgan fingerprint density at radius 1 is 1.43 bits per heavy atom. The van der Waals surface area contributed by atoms with Gasteiger partial charge >= 0.3 is 0 Å². The maximum absolute atomic E-state index is 9.44. The quantitative estimate of drug-likeness (QED) is 0.691. The molecule has 3 nitrogen and oxygen atoms in total. The van der Waals surface area contributed by atoms with Crippen LogP contribution in [0.2, 0.25) is 0 Å². The topological polar surface area (TPSA) is 49.5 Å². The molecule has 0 spiro atoms. The highest BCUT2D eigenvalue weighted by atomic mass is 16.3. The van der Waals surface area contributed by atoms with Crippen molar-refractivity contribution in [2.24, 2.45) is 11.1 Å². The van der Waals surface area contributed by atoms with Crippen LogP contribution in [0.4, 0.5) is 0 Å². The van der Waals surface area contributed by atoms with Crippen LogP contribution in [0, 0.1) is 5.41 Å². The van der Waals surface area contributed by atoms with Crippen LogP contribution in [-0.2, 0) is 0 Å². The summed E-state index contributed by atoms with van der Waals surface area (Å²) in [5, 5.41) is 9.44. The molecule has 3 heteroatoms. The maximum atomic E-state index is 9.44. The van der Waals surface area contributed by atoms with Crippen LogP contribution in [0.5, 0.6) is 0 Å². The monoisotopic (exact) mass is 200 g/mol. The minimum absolute atomic E-state index is 0.112. The summed E-state index contributed by atoms with van der Waals surface area (Å²) in [6, 6.07) is 0. The molecule has 0 aromatic rings. The minimum Gasteiger partial charge on any atom is -0.392 e. The molecule has 0 amide bonds. The molecule has 1 unspecified atom stereocenters. The zero-order valence-electron chi connectivity index (χ0n) is 9.50. The highest BCUT2D eigenvalue weighted by Crippen LogP contribution is 2.27.